The fourth-order valence-corrected chi connectivity index (χ4v) is 3.63. The van der Waals surface area contributed by atoms with Gasteiger partial charge in [-0.15, -0.1) is 0 Å². The van der Waals surface area contributed by atoms with Gasteiger partial charge in [-0.2, -0.15) is 0 Å². The number of nitrogens with zero attached hydrogens (tertiary/aromatic N) is 1. The van der Waals surface area contributed by atoms with Crippen molar-refractivity contribution in [3.8, 4) is 0 Å². The van der Waals surface area contributed by atoms with Gasteiger partial charge in [-0.05, 0) is 50.4 Å². The van der Waals surface area contributed by atoms with Gasteiger partial charge in [0.2, 0.25) is 0 Å². The van der Waals surface area contributed by atoms with Crippen LogP contribution < -0.4 is 5.32 Å². The molecule has 22 heavy (non-hydrogen) atoms. The van der Waals surface area contributed by atoms with Crippen molar-refractivity contribution in [2.75, 3.05) is 19.6 Å². The first-order valence-electron chi connectivity index (χ1n) is 8.09. The fourth-order valence-electron chi connectivity index (χ4n) is 3.07. The largest absolute Gasteiger partial charge is 0.352 e. The molecule has 0 aliphatic carbocycles. The molecular formula is C17H24BrClN2O. The maximum Gasteiger partial charge on any atom is 0.252 e. The van der Waals surface area contributed by atoms with Crippen molar-refractivity contribution in [1.82, 2.24) is 10.2 Å². The number of rotatable bonds is 6. The first-order chi connectivity index (χ1) is 10.6. The average Bonchev–Trinajstić information content (AvgIpc) is 2.54. The molecule has 1 saturated heterocycles. The first kappa shape index (κ1) is 17.8. The highest BCUT2D eigenvalue weighted by Crippen LogP contribution is 2.21. The molecule has 0 aromatic heterocycles. The Morgan fingerprint density at radius 1 is 1.45 bits per heavy atom. The smallest absolute Gasteiger partial charge is 0.252 e. The highest BCUT2D eigenvalue weighted by atomic mass is 79.9. The normalized spacial score (nSPS) is 19.1. The van der Waals surface area contributed by atoms with Crippen molar-refractivity contribution >= 4 is 33.4 Å². The molecule has 5 heteroatoms. The lowest BCUT2D eigenvalue weighted by Crippen LogP contribution is -2.40. The Bertz CT molecular complexity index is 509. The molecule has 1 aliphatic heterocycles. The Morgan fingerprint density at radius 2 is 2.27 bits per heavy atom. The number of halogens is 2. The SMILES string of the molecule is CCC1CCCCN1CCCNC(=O)c1cc(Br)ccc1Cl. The van der Waals surface area contributed by atoms with Gasteiger partial charge in [-0.1, -0.05) is 40.9 Å². The van der Waals surface area contributed by atoms with Crippen LogP contribution >= 0.6 is 27.5 Å². The Labute approximate surface area is 146 Å². The van der Waals surface area contributed by atoms with Gasteiger partial charge in [0.25, 0.3) is 5.91 Å². The van der Waals surface area contributed by atoms with Gasteiger partial charge in [0, 0.05) is 23.6 Å². The van der Waals surface area contributed by atoms with E-state index in [-0.39, 0.29) is 5.91 Å². The van der Waals surface area contributed by atoms with Crippen molar-refractivity contribution in [1.29, 1.82) is 0 Å². The van der Waals surface area contributed by atoms with Crippen LogP contribution in [-0.4, -0.2) is 36.5 Å². The summed E-state index contributed by atoms with van der Waals surface area (Å²) in [6.45, 7) is 5.21. The average molecular weight is 388 g/mol. The number of benzene rings is 1. The van der Waals surface area contributed by atoms with Crippen LogP contribution in [0, 0.1) is 0 Å². The van der Waals surface area contributed by atoms with E-state index in [4.69, 9.17) is 11.6 Å². The number of piperidine rings is 1. The summed E-state index contributed by atoms with van der Waals surface area (Å²) in [4.78, 5) is 14.7. The van der Waals surface area contributed by atoms with E-state index in [1.807, 2.05) is 6.07 Å². The van der Waals surface area contributed by atoms with E-state index < -0.39 is 0 Å². The predicted octanol–water partition coefficient (Wildman–Crippen LogP) is 4.49. The van der Waals surface area contributed by atoms with Gasteiger partial charge >= 0.3 is 0 Å². The molecule has 0 radical (unpaired) electrons. The zero-order chi connectivity index (χ0) is 15.9. The van der Waals surface area contributed by atoms with E-state index in [0.717, 1.165) is 23.5 Å². The lowest BCUT2D eigenvalue weighted by atomic mass is 10.00. The summed E-state index contributed by atoms with van der Waals surface area (Å²) in [5.74, 6) is -0.100. The summed E-state index contributed by atoms with van der Waals surface area (Å²) < 4.78 is 0.862. The summed E-state index contributed by atoms with van der Waals surface area (Å²) in [5, 5.41) is 3.46. The highest BCUT2D eigenvalue weighted by Gasteiger charge is 2.20. The molecule has 2 rings (SSSR count). The van der Waals surface area contributed by atoms with E-state index >= 15 is 0 Å². The number of likely N-dealkylation sites (tertiary alicyclic amines) is 1. The molecule has 0 saturated carbocycles. The second-order valence-electron chi connectivity index (χ2n) is 5.83. The summed E-state index contributed by atoms with van der Waals surface area (Å²) >= 11 is 9.44. The third-order valence-corrected chi connectivity index (χ3v) is 5.12. The van der Waals surface area contributed by atoms with Crippen molar-refractivity contribution in [3.05, 3.63) is 33.3 Å². The van der Waals surface area contributed by atoms with Crippen LogP contribution in [0.4, 0.5) is 0 Å². The van der Waals surface area contributed by atoms with E-state index in [1.54, 1.807) is 12.1 Å². The molecule has 3 nitrogen and oxygen atoms in total. The second kappa shape index (κ2) is 8.90. The Kier molecular flexibility index (Phi) is 7.19. The molecule has 1 aliphatic rings. The molecule has 1 unspecified atom stereocenters. The standard InChI is InChI=1S/C17H24BrClN2O/c1-2-14-6-3-4-10-21(14)11-5-9-20-17(22)15-12-13(18)7-8-16(15)19/h7-8,12,14H,2-6,9-11H2,1H3,(H,20,22). The number of carbonyl (C=O) groups excluding carboxylic acids is 1. The molecule has 1 amide bonds. The van der Waals surface area contributed by atoms with Gasteiger partial charge in [0.15, 0.2) is 0 Å². The van der Waals surface area contributed by atoms with Crippen LogP contribution in [0.2, 0.25) is 5.02 Å². The van der Waals surface area contributed by atoms with Gasteiger partial charge in [-0.25, -0.2) is 0 Å². The monoisotopic (exact) mass is 386 g/mol. The van der Waals surface area contributed by atoms with Gasteiger partial charge in [0.05, 0.1) is 10.6 Å². The van der Waals surface area contributed by atoms with Crippen LogP contribution in [0.15, 0.2) is 22.7 Å². The first-order valence-corrected chi connectivity index (χ1v) is 9.26. The van der Waals surface area contributed by atoms with Gasteiger partial charge in [-0.3, -0.25) is 4.79 Å². The van der Waals surface area contributed by atoms with Crippen LogP contribution in [0.25, 0.3) is 0 Å². The Hall–Kier alpha value is -0.580. The molecule has 122 valence electrons. The zero-order valence-corrected chi connectivity index (χ0v) is 15.4. The molecular weight excluding hydrogens is 364 g/mol. The summed E-state index contributed by atoms with van der Waals surface area (Å²) in [5.41, 5.74) is 0.528. The van der Waals surface area contributed by atoms with Crippen LogP contribution in [0.5, 0.6) is 0 Å². The van der Waals surface area contributed by atoms with Crippen molar-refractivity contribution in [2.24, 2.45) is 0 Å². The maximum atomic E-state index is 12.2. The van der Waals surface area contributed by atoms with Crippen LogP contribution in [0.3, 0.4) is 0 Å². The number of amides is 1. The lowest BCUT2D eigenvalue weighted by molar-refractivity contribution is 0.0947. The molecule has 1 heterocycles. The number of hydrogen-bond donors (Lipinski definition) is 1. The quantitative estimate of drug-likeness (QED) is 0.730. The Balaban J connectivity index is 1.76. The lowest BCUT2D eigenvalue weighted by Gasteiger charge is -2.35. The predicted molar refractivity (Wildman–Crippen MR) is 95.6 cm³/mol. The van der Waals surface area contributed by atoms with Crippen LogP contribution in [-0.2, 0) is 0 Å². The van der Waals surface area contributed by atoms with Crippen molar-refractivity contribution in [2.45, 2.75) is 45.1 Å². The molecule has 1 fully saturated rings. The molecule has 1 aromatic rings. The van der Waals surface area contributed by atoms with Crippen molar-refractivity contribution < 1.29 is 4.79 Å². The number of carbonyl (C=O) groups is 1. The maximum absolute atomic E-state index is 12.2. The van der Waals surface area contributed by atoms with E-state index in [0.29, 0.717) is 17.1 Å². The Morgan fingerprint density at radius 3 is 3.05 bits per heavy atom. The third kappa shape index (κ3) is 4.97. The minimum absolute atomic E-state index is 0.100. The fraction of sp³-hybridized carbons (Fsp3) is 0.588. The summed E-state index contributed by atoms with van der Waals surface area (Å²) in [7, 11) is 0. The molecule has 0 spiro atoms. The minimum Gasteiger partial charge on any atom is -0.352 e. The molecule has 1 N–H and O–H groups in total. The van der Waals surface area contributed by atoms with Gasteiger partial charge in [0.1, 0.15) is 0 Å². The summed E-state index contributed by atoms with van der Waals surface area (Å²) in [6.07, 6.45) is 6.17. The molecule has 0 bridgehead atoms. The highest BCUT2D eigenvalue weighted by molar-refractivity contribution is 9.10. The second-order valence-corrected chi connectivity index (χ2v) is 7.15. The van der Waals surface area contributed by atoms with Crippen LogP contribution in [0.1, 0.15) is 49.4 Å². The third-order valence-electron chi connectivity index (χ3n) is 4.30. The van der Waals surface area contributed by atoms with E-state index in [9.17, 15) is 4.79 Å². The van der Waals surface area contributed by atoms with E-state index in [1.165, 1.54) is 32.2 Å². The van der Waals surface area contributed by atoms with Crippen molar-refractivity contribution in [3.63, 3.8) is 0 Å². The summed E-state index contributed by atoms with van der Waals surface area (Å²) in [6, 6.07) is 6.06. The van der Waals surface area contributed by atoms with E-state index in [2.05, 4.69) is 33.1 Å². The molecule has 1 atom stereocenters. The minimum atomic E-state index is -0.100. The van der Waals surface area contributed by atoms with Gasteiger partial charge < -0.3 is 10.2 Å². The number of hydrogen-bond acceptors (Lipinski definition) is 2. The molecule has 1 aromatic carbocycles. The number of nitrogens with one attached hydrogen (secondary N) is 1. The topological polar surface area (TPSA) is 32.3 Å². The zero-order valence-electron chi connectivity index (χ0n) is 13.1.